The summed E-state index contributed by atoms with van der Waals surface area (Å²) in [6, 6.07) is -2.06. The predicted octanol–water partition coefficient (Wildman–Crippen LogP) is -4.36. The molecule has 0 fully saturated rings. The highest BCUT2D eigenvalue weighted by molar-refractivity contribution is 7.83. The topological polar surface area (TPSA) is 211 Å². The van der Waals surface area contributed by atoms with Gasteiger partial charge in [0.15, 0.2) is 0 Å². The second-order valence-corrected chi connectivity index (χ2v) is 5.76. The van der Waals surface area contributed by atoms with Crippen molar-refractivity contribution in [2.45, 2.75) is 24.4 Å². The van der Waals surface area contributed by atoms with Gasteiger partial charge in [0.05, 0.1) is 19.3 Å². The van der Waals surface area contributed by atoms with Gasteiger partial charge in [-0.3, -0.25) is 9.11 Å². The molecule has 0 aromatic heterocycles. The molecule has 20 heavy (non-hydrogen) atoms. The molecule has 14 heteroatoms. The van der Waals surface area contributed by atoms with E-state index in [1.165, 1.54) is 0 Å². The third-order valence-electron chi connectivity index (χ3n) is 1.98. The van der Waals surface area contributed by atoms with E-state index in [9.17, 15) is 32.2 Å². The van der Waals surface area contributed by atoms with E-state index in [1.807, 2.05) is 0 Å². The molecule has 7 N–H and O–H groups in total. The Morgan fingerprint density at radius 3 is 1.95 bits per heavy atom. The molecule has 0 bridgehead atoms. The van der Waals surface area contributed by atoms with Crippen LogP contribution < -0.4 is 4.72 Å². The monoisotopic (exact) mass is 342 g/mol. The van der Waals surface area contributed by atoms with Gasteiger partial charge in [0.1, 0.15) is 19.7 Å². The van der Waals surface area contributed by atoms with Crippen LogP contribution in [0.5, 0.6) is 0 Å². The van der Waals surface area contributed by atoms with Crippen molar-refractivity contribution in [2.24, 2.45) is 0 Å². The lowest BCUT2D eigenvalue weighted by atomic mass is 10.0. The van der Waals surface area contributed by atoms with Gasteiger partial charge in [-0.1, -0.05) is 0 Å². The van der Waals surface area contributed by atoms with Gasteiger partial charge in [-0.25, -0.2) is 4.18 Å². The Kier molecular flexibility index (Phi) is 6.65. The molecule has 0 unspecified atom stereocenters. The highest BCUT2D eigenvalue weighted by Gasteiger charge is 2.33. The lowest BCUT2D eigenvalue weighted by Crippen LogP contribution is -2.54. The molecule has 0 rings (SSSR count). The molecule has 0 aliphatic heterocycles. The minimum absolute atomic E-state index is 0.614. The summed E-state index contributed by atoms with van der Waals surface area (Å²) < 4.78 is 68.7. The van der Waals surface area contributed by atoms with E-state index in [1.54, 1.807) is 0 Å². The fraction of sp³-hybridized carbons (Fsp3) is 1.00. The zero-order chi connectivity index (χ0) is 17.0. The Morgan fingerprint density at radius 1 is 1.10 bits per heavy atom. The standard InChI is InChI=1S/C6H15NO11S2/c8-1-3(7-19(12,13)14)5(10)6(11)4(9)2-18-20(15,16)17/h3-11H,1-2H2,(H,12,13,14)(H,15,16,17)/t3-,4+,5+,6+/m0/s1/i/hD. The van der Waals surface area contributed by atoms with Crippen LogP contribution in [0.25, 0.3) is 0 Å². The molecule has 0 aliphatic carbocycles. The van der Waals surface area contributed by atoms with Crippen LogP contribution in [0.15, 0.2) is 0 Å². The van der Waals surface area contributed by atoms with Crippen molar-refractivity contribution in [1.82, 2.24) is 4.72 Å². The first-order valence-electron chi connectivity index (χ1n) is 5.28. The molecular formula is C6H15NO11S2. The lowest BCUT2D eigenvalue weighted by molar-refractivity contribution is -0.0865. The second-order valence-electron chi connectivity index (χ2n) is 3.56. The second kappa shape index (κ2) is 7.55. The van der Waals surface area contributed by atoms with E-state index >= 15 is 0 Å². The van der Waals surface area contributed by atoms with Gasteiger partial charge in [-0.05, 0) is 0 Å². The van der Waals surface area contributed by atoms with Crippen LogP contribution in [0.2, 0.25) is 1.41 Å². The summed E-state index contributed by atoms with van der Waals surface area (Å²) in [4.78, 5) is 0. The predicted molar refractivity (Wildman–Crippen MR) is 61.1 cm³/mol. The molecular weight excluding hydrogens is 326 g/mol. The van der Waals surface area contributed by atoms with Crippen molar-refractivity contribution in [3.8, 4) is 0 Å². The minimum Gasteiger partial charge on any atom is -0.395 e. The van der Waals surface area contributed by atoms with E-state index in [2.05, 4.69) is 4.18 Å². The molecule has 0 saturated carbocycles. The van der Waals surface area contributed by atoms with Crippen LogP contribution in [0.4, 0.5) is 0 Å². The zero-order valence-electron chi connectivity index (χ0n) is 10.7. The molecule has 12 nitrogen and oxygen atoms in total. The molecule has 0 spiro atoms. The van der Waals surface area contributed by atoms with Crippen LogP contribution in [0.3, 0.4) is 0 Å². The molecule has 0 aromatic carbocycles. The van der Waals surface area contributed by atoms with Gasteiger partial charge in [0, 0.05) is 0 Å². The smallest absolute Gasteiger partial charge is 0.395 e. The molecule has 0 radical (unpaired) electrons. The van der Waals surface area contributed by atoms with Crippen LogP contribution in [0.1, 0.15) is 0 Å². The summed E-state index contributed by atoms with van der Waals surface area (Å²) in [5.74, 6) is 0. The molecule has 0 aromatic rings. The third-order valence-corrected chi connectivity index (χ3v) is 2.95. The fourth-order valence-electron chi connectivity index (χ4n) is 1.08. The number of rotatable bonds is 9. The number of hydrogen-bond acceptors (Lipinski definition) is 9. The quantitative estimate of drug-likeness (QED) is 0.199. The molecule has 0 aliphatic rings. The minimum atomic E-state index is -5.13. The van der Waals surface area contributed by atoms with Crippen LogP contribution in [-0.4, -0.2) is 83.9 Å². The largest absolute Gasteiger partial charge is 0.397 e. The first kappa shape index (κ1) is 17.6. The summed E-state index contributed by atoms with van der Waals surface area (Å²) in [5.41, 5.74) is 0. The number of aliphatic hydroxyl groups is 4. The molecule has 4 atom stereocenters. The summed E-state index contributed by atoms with van der Waals surface area (Å²) in [6.07, 6.45) is -6.67. The maximum Gasteiger partial charge on any atom is 0.397 e. The van der Waals surface area contributed by atoms with Gasteiger partial charge in [-0.15, -0.1) is 0 Å². The zero-order valence-corrected chi connectivity index (χ0v) is 11.3. The van der Waals surface area contributed by atoms with Crippen molar-refractivity contribution in [1.29, 1.82) is 0 Å². The normalized spacial score (nSPS) is 20.2. The average molecular weight is 342 g/mol. The first-order valence-corrected chi connectivity index (χ1v) is 7.60. The van der Waals surface area contributed by atoms with Gasteiger partial charge >= 0.3 is 20.7 Å². The maximum absolute atomic E-state index is 10.7. The molecule has 0 heterocycles. The van der Waals surface area contributed by atoms with Gasteiger partial charge in [-0.2, -0.15) is 21.6 Å². The van der Waals surface area contributed by atoms with E-state index < -0.39 is 63.0 Å². The van der Waals surface area contributed by atoms with Crippen molar-refractivity contribution < 1.29 is 52.0 Å². The van der Waals surface area contributed by atoms with Crippen molar-refractivity contribution >= 4 is 20.7 Å². The van der Waals surface area contributed by atoms with Gasteiger partial charge in [0.25, 0.3) is 0 Å². The Bertz CT molecular complexity index is 521. The maximum atomic E-state index is 10.7. The first-order chi connectivity index (χ1) is 9.31. The van der Waals surface area contributed by atoms with Crippen LogP contribution in [-0.2, 0) is 24.9 Å². The highest BCUT2D eigenvalue weighted by atomic mass is 32.3. The van der Waals surface area contributed by atoms with Crippen LogP contribution in [0, 0.1) is 0 Å². The van der Waals surface area contributed by atoms with Crippen molar-refractivity contribution in [2.75, 3.05) is 13.2 Å². The van der Waals surface area contributed by atoms with Crippen molar-refractivity contribution in [3.05, 3.63) is 0 Å². The SMILES string of the molecule is [2H]N([C@@H](CO)[C@@H](O)[C@H](O)[C@H](O)COS(=O)(=O)O)S(=O)(=O)O. The highest BCUT2D eigenvalue weighted by Crippen LogP contribution is 2.07. The summed E-state index contributed by atoms with van der Waals surface area (Å²) in [6.45, 7) is -2.41. The van der Waals surface area contributed by atoms with E-state index in [4.69, 9.17) is 15.6 Å². The Hall–Kier alpha value is -0.420. The fourth-order valence-corrected chi connectivity index (χ4v) is 1.93. The average Bonchev–Trinajstić information content (AvgIpc) is 2.33. The summed E-state index contributed by atoms with van der Waals surface area (Å²) >= 11 is 0. The molecule has 0 amide bonds. The summed E-state index contributed by atoms with van der Waals surface area (Å²) in [5, 5.41) is 37.1. The Labute approximate surface area is 115 Å². The number of hydrogen-bond donors (Lipinski definition) is 7. The summed E-state index contributed by atoms with van der Waals surface area (Å²) in [7, 11) is -10.1. The Morgan fingerprint density at radius 2 is 1.60 bits per heavy atom. The van der Waals surface area contributed by atoms with Crippen LogP contribution >= 0.6 is 0 Å². The van der Waals surface area contributed by atoms with Gasteiger partial charge < -0.3 is 20.4 Å². The molecule has 0 saturated heterocycles. The lowest BCUT2D eigenvalue weighted by Gasteiger charge is -2.27. The van der Waals surface area contributed by atoms with Gasteiger partial charge in [0.2, 0.25) is 0 Å². The third kappa shape index (κ3) is 8.00. The number of nitrogens with one attached hydrogen (secondary N) is 1. The Balaban J connectivity index is 4.91. The van der Waals surface area contributed by atoms with Crippen molar-refractivity contribution in [3.63, 3.8) is 0 Å². The molecule has 122 valence electrons. The number of aliphatic hydroxyl groups excluding tert-OH is 4. The van der Waals surface area contributed by atoms with E-state index in [0.717, 1.165) is 0 Å². The van der Waals surface area contributed by atoms with E-state index in [-0.39, 0.29) is 0 Å². The van der Waals surface area contributed by atoms with E-state index in [0.29, 0.717) is 0 Å².